The number of likely N-dealkylation sites (N-methyl/N-ethyl adjacent to an activating group) is 1. The molecule has 1 heterocycles. The minimum Gasteiger partial charge on any atom is -0.338 e. The highest BCUT2D eigenvalue weighted by atomic mass is 16.2. The van der Waals surface area contributed by atoms with Crippen molar-refractivity contribution in [1.29, 1.82) is 0 Å². The van der Waals surface area contributed by atoms with Crippen LogP contribution >= 0.6 is 0 Å². The number of piperazine rings is 1. The van der Waals surface area contributed by atoms with E-state index in [4.69, 9.17) is 0 Å². The highest BCUT2D eigenvalue weighted by molar-refractivity contribution is 5.74. The van der Waals surface area contributed by atoms with Crippen molar-refractivity contribution in [3.05, 3.63) is 35.9 Å². The summed E-state index contributed by atoms with van der Waals surface area (Å²) in [5, 5.41) is 6.07. The molecular weight excluding hydrogens is 312 g/mol. The molecule has 1 aromatic rings. The zero-order valence-corrected chi connectivity index (χ0v) is 15.5. The van der Waals surface area contributed by atoms with Gasteiger partial charge in [0.15, 0.2) is 0 Å². The SMILES string of the molecule is CN1CCN(CCCCNC(=O)NCC2(c3ccccc3)CC2)CC1. The number of urea groups is 1. The van der Waals surface area contributed by atoms with Crippen molar-refractivity contribution < 1.29 is 4.79 Å². The van der Waals surface area contributed by atoms with Crippen LogP contribution in [0.4, 0.5) is 4.79 Å². The van der Waals surface area contributed by atoms with E-state index in [1.54, 1.807) is 0 Å². The Morgan fingerprint density at radius 3 is 2.44 bits per heavy atom. The third kappa shape index (κ3) is 5.44. The van der Waals surface area contributed by atoms with E-state index in [0.717, 1.165) is 32.5 Å². The summed E-state index contributed by atoms with van der Waals surface area (Å²) >= 11 is 0. The van der Waals surface area contributed by atoms with Gasteiger partial charge < -0.3 is 20.4 Å². The first-order valence-corrected chi connectivity index (χ1v) is 9.66. The van der Waals surface area contributed by atoms with E-state index in [9.17, 15) is 4.79 Å². The maximum absolute atomic E-state index is 12.0. The normalized spacial score (nSPS) is 20.2. The van der Waals surface area contributed by atoms with E-state index < -0.39 is 0 Å². The molecule has 2 fully saturated rings. The van der Waals surface area contributed by atoms with Crippen LogP contribution in [0.5, 0.6) is 0 Å². The standard InChI is InChI=1S/C20H32N4O/c1-23-13-15-24(16-14-23)12-6-5-11-21-19(25)22-17-20(9-10-20)18-7-3-2-4-8-18/h2-4,7-8H,5-6,9-17H2,1H3,(H2,21,22,25). The van der Waals surface area contributed by atoms with Gasteiger partial charge in [0.25, 0.3) is 0 Å². The van der Waals surface area contributed by atoms with Crippen LogP contribution in [-0.4, -0.2) is 68.7 Å². The number of carbonyl (C=O) groups excluding carboxylic acids is 1. The molecule has 1 aromatic carbocycles. The lowest BCUT2D eigenvalue weighted by atomic mass is 9.96. The van der Waals surface area contributed by atoms with Crippen molar-refractivity contribution in [3.63, 3.8) is 0 Å². The Kier molecular flexibility index (Phi) is 6.32. The molecular formula is C20H32N4O. The summed E-state index contributed by atoms with van der Waals surface area (Å²) < 4.78 is 0. The molecule has 2 aliphatic rings. The van der Waals surface area contributed by atoms with Crippen molar-refractivity contribution in [2.24, 2.45) is 0 Å². The summed E-state index contributed by atoms with van der Waals surface area (Å²) in [6.45, 7) is 7.34. The first-order chi connectivity index (χ1) is 12.2. The summed E-state index contributed by atoms with van der Waals surface area (Å²) in [6, 6.07) is 10.5. The molecule has 2 N–H and O–H groups in total. The maximum atomic E-state index is 12.0. The lowest BCUT2D eigenvalue weighted by molar-refractivity contribution is 0.152. The van der Waals surface area contributed by atoms with Crippen molar-refractivity contribution in [1.82, 2.24) is 20.4 Å². The molecule has 1 aliphatic carbocycles. The molecule has 3 rings (SSSR count). The van der Waals surface area contributed by atoms with Gasteiger partial charge in [-0.25, -0.2) is 4.79 Å². The smallest absolute Gasteiger partial charge is 0.314 e. The molecule has 1 saturated carbocycles. The first kappa shape index (κ1) is 18.2. The van der Waals surface area contributed by atoms with Crippen molar-refractivity contribution in [2.45, 2.75) is 31.1 Å². The molecule has 1 saturated heterocycles. The monoisotopic (exact) mass is 344 g/mol. The van der Waals surface area contributed by atoms with Crippen molar-refractivity contribution in [3.8, 4) is 0 Å². The first-order valence-electron chi connectivity index (χ1n) is 9.66. The number of amides is 2. The molecule has 1 aliphatic heterocycles. The third-order valence-corrected chi connectivity index (χ3v) is 5.61. The zero-order chi connectivity index (χ0) is 17.5. The van der Waals surface area contributed by atoms with Crippen LogP contribution in [0.15, 0.2) is 30.3 Å². The Labute approximate surface area is 151 Å². The lowest BCUT2D eigenvalue weighted by Gasteiger charge is -2.32. The highest BCUT2D eigenvalue weighted by Gasteiger charge is 2.44. The van der Waals surface area contributed by atoms with E-state index in [-0.39, 0.29) is 11.4 Å². The molecule has 25 heavy (non-hydrogen) atoms. The van der Waals surface area contributed by atoms with Crippen LogP contribution in [0.1, 0.15) is 31.2 Å². The second kappa shape index (κ2) is 8.68. The van der Waals surface area contributed by atoms with Crippen molar-refractivity contribution >= 4 is 6.03 Å². The average molecular weight is 345 g/mol. The van der Waals surface area contributed by atoms with Crippen LogP contribution in [-0.2, 0) is 5.41 Å². The number of hydrogen-bond donors (Lipinski definition) is 2. The lowest BCUT2D eigenvalue weighted by Crippen LogP contribution is -2.44. The quantitative estimate of drug-likeness (QED) is 0.710. The second-order valence-corrected chi connectivity index (χ2v) is 7.61. The van der Waals surface area contributed by atoms with E-state index in [1.165, 1.54) is 44.6 Å². The molecule has 0 radical (unpaired) electrons. The van der Waals surface area contributed by atoms with Gasteiger partial charge in [0.2, 0.25) is 0 Å². The minimum absolute atomic E-state index is 0.0261. The van der Waals surface area contributed by atoms with Gasteiger partial charge in [0, 0.05) is 44.7 Å². The summed E-state index contributed by atoms with van der Waals surface area (Å²) in [4.78, 5) is 16.9. The molecule has 0 unspecified atom stereocenters. The fourth-order valence-corrected chi connectivity index (χ4v) is 3.56. The van der Waals surface area contributed by atoms with E-state index in [2.05, 4.69) is 51.7 Å². The van der Waals surface area contributed by atoms with Gasteiger partial charge in [-0.3, -0.25) is 0 Å². The molecule has 138 valence electrons. The number of nitrogens with one attached hydrogen (secondary N) is 2. The van der Waals surface area contributed by atoms with Gasteiger partial charge in [-0.1, -0.05) is 30.3 Å². The van der Waals surface area contributed by atoms with Gasteiger partial charge in [0.05, 0.1) is 0 Å². The number of hydrogen-bond acceptors (Lipinski definition) is 3. The van der Waals surface area contributed by atoms with Crippen LogP contribution < -0.4 is 10.6 Å². The third-order valence-electron chi connectivity index (χ3n) is 5.61. The Bertz CT molecular complexity index is 536. The maximum Gasteiger partial charge on any atom is 0.314 e. The van der Waals surface area contributed by atoms with Crippen molar-refractivity contribution in [2.75, 3.05) is 52.9 Å². The van der Waals surface area contributed by atoms with Crippen LogP contribution in [0.25, 0.3) is 0 Å². The topological polar surface area (TPSA) is 47.6 Å². The Morgan fingerprint density at radius 1 is 1.04 bits per heavy atom. The summed E-state index contributed by atoms with van der Waals surface area (Å²) in [6.07, 6.45) is 4.53. The van der Waals surface area contributed by atoms with Crippen LogP contribution in [0.3, 0.4) is 0 Å². The zero-order valence-electron chi connectivity index (χ0n) is 15.5. The Morgan fingerprint density at radius 2 is 1.76 bits per heavy atom. The molecule has 5 heteroatoms. The molecule has 0 atom stereocenters. The highest BCUT2D eigenvalue weighted by Crippen LogP contribution is 2.47. The summed E-state index contributed by atoms with van der Waals surface area (Å²) in [5.74, 6) is 0. The predicted molar refractivity (Wildman–Crippen MR) is 102 cm³/mol. The number of unbranched alkanes of at least 4 members (excludes halogenated alkanes) is 1. The van der Waals surface area contributed by atoms with Crippen LogP contribution in [0, 0.1) is 0 Å². The molecule has 0 spiro atoms. The van der Waals surface area contributed by atoms with E-state index in [0.29, 0.717) is 0 Å². The van der Waals surface area contributed by atoms with Gasteiger partial charge in [0.1, 0.15) is 0 Å². The largest absolute Gasteiger partial charge is 0.338 e. The summed E-state index contributed by atoms with van der Waals surface area (Å²) in [7, 11) is 2.18. The summed E-state index contributed by atoms with van der Waals surface area (Å²) in [5.41, 5.74) is 1.53. The van der Waals surface area contributed by atoms with E-state index >= 15 is 0 Å². The van der Waals surface area contributed by atoms with Crippen LogP contribution in [0.2, 0.25) is 0 Å². The second-order valence-electron chi connectivity index (χ2n) is 7.61. The number of carbonyl (C=O) groups is 1. The van der Waals surface area contributed by atoms with E-state index in [1.807, 2.05) is 6.07 Å². The predicted octanol–water partition coefficient (Wildman–Crippen LogP) is 2.04. The van der Waals surface area contributed by atoms with Gasteiger partial charge >= 0.3 is 6.03 Å². The minimum atomic E-state index is -0.0261. The molecule has 0 bridgehead atoms. The average Bonchev–Trinajstić information content (AvgIpc) is 3.43. The fraction of sp³-hybridized carbons (Fsp3) is 0.650. The van der Waals surface area contributed by atoms with Gasteiger partial charge in [-0.05, 0) is 44.8 Å². The van der Waals surface area contributed by atoms with Gasteiger partial charge in [-0.2, -0.15) is 0 Å². The Balaban J connectivity index is 1.25. The molecule has 2 amide bonds. The number of nitrogens with zero attached hydrogens (tertiary/aromatic N) is 2. The number of benzene rings is 1. The Hall–Kier alpha value is -1.59. The molecule has 0 aromatic heterocycles. The molecule has 5 nitrogen and oxygen atoms in total. The number of rotatable bonds is 8. The van der Waals surface area contributed by atoms with Gasteiger partial charge in [-0.15, -0.1) is 0 Å². The fourth-order valence-electron chi connectivity index (χ4n) is 3.56.